The van der Waals surface area contributed by atoms with Crippen molar-refractivity contribution in [3.8, 4) is 17.2 Å². The topological polar surface area (TPSA) is 123 Å². The van der Waals surface area contributed by atoms with Gasteiger partial charge in [0, 0.05) is 0 Å². The van der Waals surface area contributed by atoms with Crippen LogP contribution in [0.3, 0.4) is 0 Å². The number of benzene rings is 4. The van der Waals surface area contributed by atoms with Gasteiger partial charge in [-0.15, -0.1) is 0 Å². The fourth-order valence-electron chi connectivity index (χ4n) is 4.29. The van der Waals surface area contributed by atoms with Gasteiger partial charge in [-0.3, -0.25) is 19.7 Å². The van der Waals surface area contributed by atoms with Crippen molar-refractivity contribution in [3.05, 3.63) is 118 Å². The molecule has 0 saturated carbocycles. The standard InChI is InChI=1S/C33H26BrN3O7/c1-42-29-10-6-5-9-27(29)35-30(38)20-44-28-16-11-22(18-26(28)34)17-25-31(39)36-33(41)37(32(25)40)23-12-14-24(15-13-23)43-19-21-7-3-2-4-8-21/h2-18H,19-20H2,1H3,(H,35,38)(H,36,39,41)/b25-17-. The van der Waals surface area contributed by atoms with E-state index in [1.807, 2.05) is 30.3 Å². The third kappa shape index (κ3) is 7.13. The largest absolute Gasteiger partial charge is 0.495 e. The monoisotopic (exact) mass is 655 g/mol. The number of barbiturate groups is 1. The van der Waals surface area contributed by atoms with Crippen LogP contribution in [-0.4, -0.2) is 37.5 Å². The summed E-state index contributed by atoms with van der Waals surface area (Å²) in [7, 11) is 1.51. The predicted octanol–water partition coefficient (Wildman–Crippen LogP) is 5.72. The van der Waals surface area contributed by atoms with Crippen molar-refractivity contribution in [3.63, 3.8) is 0 Å². The molecule has 0 bridgehead atoms. The number of anilines is 2. The lowest BCUT2D eigenvalue weighted by Crippen LogP contribution is -2.54. The zero-order chi connectivity index (χ0) is 31.1. The minimum atomic E-state index is -0.855. The first-order valence-corrected chi connectivity index (χ1v) is 14.1. The number of carbonyl (C=O) groups is 4. The molecule has 44 heavy (non-hydrogen) atoms. The Morgan fingerprint density at radius 3 is 2.34 bits per heavy atom. The average Bonchev–Trinajstić information content (AvgIpc) is 3.03. The number of nitrogens with one attached hydrogen (secondary N) is 2. The van der Waals surface area contributed by atoms with Gasteiger partial charge in [-0.2, -0.15) is 0 Å². The molecule has 222 valence electrons. The molecule has 1 fully saturated rings. The van der Waals surface area contributed by atoms with E-state index in [4.69, 9.17) is 14.2 Å². The zero-order valence-corrected chi connectivity index (χ0v) is 25.0. The van der Waals surface area contributed by atoms with Gasteiger partial charge in [-0.05, 0) is 81.7 Å². The molecule has 11 heteroatoms. The number of amides is 5. The summed E-state index contributed by atoms with van der Waals surface area (Å²) < 4.78 is 17.1. The molecule has 1 aliphatic rings. The van der Waals surface area contributed by atoms with Crippen LogP contribution in [0.25, 0.3) is 6.08 Å². The number of urea groups is 1. The Bertz CT molecular complexity index is 1740. The van der Waals surface area contributed by atoms with Crippen molar-refractivity contribution in [1.82, 2.24) is 5.32 Å². The van der Waals surface area contributed by atoms with Gasteiger partial charge >= 0.3 is 6.03 Å². The van der Waals surface area contributed by atoms with Gasteiger partial charge in [0.25, 0.3) is 17.7 Å². The number of carbonyl (C=O) groups excluding carboxylic acids is 4. The van der Waals surface area contributed by atoms with Crippen molar-refractivity contribution in [2.75, 3.05) is 23.9 Å². The van der Waals surface area contributed by atoms with Crippen LogP contribution in [0.2, 0.25) is 0 Å². The first-order valence-electron chi connectivity index (χ1n) is 13.4. The van der Waals surface area contributed by atoms with Gasteiger partial charge in [0.2, 0.25) is 0 Å². The molecule has 5 amide bonds. The number of hydrogen-bond donors (Lipinski definition) is 2. The molecule has 10 nitrogen and oxygen atoms in total. The third-order valence-corrected chi connectivity index (χ3v) is 7.07. The summed E-state index contributed by atoms with van der Waals surface area (Å²) in [5, 5.41) is 4.94. The van der Waals surface area contributed by atoms with Gasteiger partial charge in [0.1, 0.15) is 29.4 Å². The first kappa shape index (κ1) is 30.1. The fourth-order valence-corrected chi connectivity index (χ4v) is 4.80. The summed E-state index contributed by atoms with van der Waals surface area (Å²) in [6.45, 7) is 0.0886. The fraction of sp³-hybridized carbons (Fsp3) is 0.0909. The minimum absolute atomic E-state index is 0.231. The number of methoxy groups -OCH3 is 1. The van der Waals surface area contributed by atoms with E-state index in [0.29, 0.717) is 39.6 Å². The predicted molar refractivity (Wildman–Crippen MR) is 167 cm³/mol. The molecule has 1 heterocycles. The Morgan fingerprint density at radius 1 is 0.886 bits per heavy atom. The molecule has 0 radical (unpaired) electrons. The molecular formula is C33H26BrN3O7. The maximum Gasteiger partial charge on any atom is 0.335 e. The molecule has 0 aromatic heterocycles. The van der Waals surface area contributed by atoms with Crippen LogP contribution in [-0.2, 0) is 21.0 Å². The molecule has 1 aliphatic heterocycles. The van der Waals surface area contributed by atoms with E-state index >= 15 is 0 Å². The summed E-state index contributed by atoms with van der Waals surface area (Å²) >= 11 is 3.41. The summed E-state index contributed by atoms with van der Waals surface area (Å²) in [6.07, 6.45) is 1.37. The van der Waals surface area contributed by atoms with E-state index in [9.17, 15) is 19.2 Å². The smallest absolute Gasteiger partial charge is 0.335 e. The number of halogens is 1. The molecule has 4 aromatic rings. The van der Waals surface area contributed by atoms with Crippen LogP contribution in [0.15, 0.2) is 107 Å². The third-order valence-electron chi connectivity index (χ3n) is 6.45. The number of para-hydroxylation sites is 2. The number of imide groups is 2. The maximum atomic E-state index is 13.3. The molecule has 4 aromatic carbocycles. The number of hydrogen-bond acceptors (Lipinski definition) is 7. The van der Waals surface area contributed by atoms with Crippen LogP contribution in [0.5, 0.6) is 17.2 Å². The second-order valence-corrected chi connectivity index (χ2v) is 10.3. The SMILES string of the molecule is COc1ccccc1NC(=O)COc1ccc(/C=C2/C(=O)NC(=O)N(c3ccc(OCc4ccccc4)cc3)C2=O)cc1Br. The van der Waals surface area contributed by atoms with Crippen molar-refractivity contribution < 1.29 is 33.4 Å². The van der Waals surface area contributed by atoms with Crippen molar-refractivity contribution in [2.24, 2.45) is 0 Å². The lowest BCUT2D eigenvalue weighted by atomic mass is 10.1. The summed E-state index contributed by atoms with van der Waals surface area (Å²) in [5.74, 6) is -0.542. The first-order chi connectivity index (χ1) is 21.3. The van der Waals surface area contributed by atoms with E-state index < -0.39 is 23.8 Å². The van der Waals surface area contributed by atoms with Gasteiger partial charge in [0.05, 0.1) is 23.0 Å². The zero-order valence-electron chi connectivity index (χ0n) is 23.4. The number of rotatable bonds is 10. The second-order valence-electron chi connectivity index (χ2n) is 9.45. The van der Waals surface area contributed by atoms with E-state index in [-0.39, 0.29) is 17.9 Å². The van der Waals surface area contributed by atoms with E-state index in [0.717, 1.165) is 10.5 Å². The van der Waals surface area contributed by atoms with Crippen molar-refractivity contribution in [1.29, 1.82) is 0 Å². The Kier molecular flexibility index (Phi) is 9.36. The molecule has 0 unspecified atom stereocenters. The van der Waals surface area contributed by atoms with Crippen LogP contribution < -0.4 is 29.7 Å². The van der Waals surface area contributed by atoms with E-state index in [1.54, 1.807) is 66.7 Å². The molecule has 5 rings (SSSR count). The molecule has 1 saturated heterocycles. The summed E-state index contributed by atoms with van der Waals surface area (Å²) in [5.41, 5.74) is 2.04. The number of nitrogens with zero attached hydrogens (tertiary/aromatic N) is 1. The summed E-state index contributed by atoms with van der Waals surface area (Å²) in [4.78, 5) is 51.9. The van der Waals surface area contributed by atoms with Gasteiger partial charge in [-0.25, -0.2) is 9.69 Å². The lowest BCUT2D eigenvalue weighted by molar-refractivity contribution is -0.122. The van der Waals surface area contributed by atoms with Crippen LogP contribution in [0.1, 0.15) is 11.1 Å². The maximum absolute atomic E-state index is 13.3. The van der Waals surface area contributed by atoms with Gasteiger partial charge in [-0.1, -0.05) is 48.5 Å². The Labute approximate surface area is 261 Å². The Balaban J connectivity index is 1.25. The van der Waals surface area contributed by atoms with E-state index in [2.05, 4.69) is 26.6 Å². The summed E-state index contributed by atoms with van der Waals surface area (Å²) in [6, 6.07) is 27.0. The van der Waals surface area contributed by atoms with Crippen molar-refractivity contribution in [2.45, 2.75) is 6.61 Å². The Morgan fingerprint density at radius 2 is 1.61 bits per heavy atom. The van der Waals surface area contributed by atoms with Crippen LogP contribution in [0, 0.1) is 0 Å². The molecule has 0 aliphatic carbocycles. The lowest BCUT2D eigenvalue weighted by Gasteiger charge is -2.26. The van der Waals surface area contributed by atoms with E-state index in [1.165, 1.54) is 13.2 Å². The van der Waals surface area contributed by atoms with Gasteiger partial charge in [0.15, 0.2) is 6.61 Å². The highest BCUT2D eigenvalue weighted by atomic mass is 79.9. The molecule has 0 atom stereocenters. The van der Waals surface area contributed by atoms with Crippen molar-refractivity contribution >= 4 is 57.1 Å². The highest BCUT2D eigenvalue weighted by Crippen LogP contribution is 2.29. The van der Waals surface area contributed by atoms with Crippen LogP contribution >= 0.6 is 15.9 Å². The molecular weight excluding hydrogens is 630 g/mol. The highest BCUT2D eigenvalue weighted by Gasteiger charge is 2.36. The molecule has 0 spiro atoms. The number of ether oxygens (including phenoxy) is 3. The molecule has 2 N–H and O–H groups in total. The minimum Gasteiger partial charge on any atom is -0.495 e. The normalized spacial score (nSPS) is 13.8. The highest BCUT2D eigenvalue weighted by molar-refractivity contribution is 9.10. The second kappa shape index (κ2) is 13.7. The van der Waals surface area contributed by atoms with Crippen LogP contribution in [0.4, 0.5) is 16.2 Å². The Hall–Kier alpha value is -5.42. The average molecular weight is 656 g/mol. The van der Waals surface area contributed by atoms with Gasteiger partial charge < -0.3 is 19.5 Å². The quantitative estimate of drug-likeness (QED) is 0.165.